The lowest BCUT2D eigenvalue weighted by atomic mass is 10.1. The van der Waals surface area contributed by atoms with E-state index in [1.165, 1.54) is 5.56 Å². The topological polar surface area (TPSA) is 17.1 Å². The quantitative estimate of drug-likeness (QED) is 0.698. The lowest BCUT2D eigenvalue weighted by Crippen LogP contribution is -2.04. The molecule has 1 aliphatic carbocycles. The molecular formula is C10H12OS. The van der Waals surface area contributed by atoms with Gasteiger partial charge in [-0.25, -0.2) is 0 Å². The first kappa shape index (κ1) is 7.99. The van der Waals surface area contributed by atoms with Gasteiger partial charge in [-0.05, 0) is 34.7 Å². The summed E-state index contributed by atoms with van der Waals surface area (Å²) in [7, 11) is 0. The zero-order valence-corrected chi connectivity index (χ0v) is 7.93. The molecule has 2 atom stereocenters. The van der Waals surface area contributed by atoms with Crippen molar-refractivity contribution in [1.29, 1.82) is 0 Å². The Morgan fingerprint density at radius 1 is 1.75 bits per heavy atom. The molecule has 2 unspecified atom stereocenters. The molecule has 0 amide bonds. The monoisotopic (exact) mass is 180 g/mol. The molecule has 2 heteroatoms. The Morgan fingerprint density at radius 2 is 2.50 bits per heavy atom. The summed E-state index contributed by atoms with van der Waals surface area (Å²) in [6.07, 6.45) is 1.77. The summed E-state index contributed by atoms with van der Waals surface area (Å²) in [5.41, 5.74) is 1.18. The van der Waals surface area contributed by atoms with E-state index in [4.69, 9.17) is 0 Å². The molecular weight excluding hydrogens is 168 g/mol. The predicted octanol–water partition coefficient (Wildman–Crippen LogP) is 2.52. The summed E-state index contributed by atoms with van der Waals surface area (Å²) in [5.74, 6) is 1.46. The van der Waals surface area contributed by atoms with Crippen LogP contribution >= 0.6 is 11.3 Å². The molecule has 0 spiro atoms. The zero-order chi connectivity index (χ0) is 8.55. The van der Waals surface area contributed by atoms with E-state index in [2.05, 4.69) is 12.3 Å². The summed E-state index contributed by atoms with van der Waals surface area (Å²) in [5, 5.41) is 4.09. The molecule has 1 nitrogen and oxygen atoms in total. The standard InChI is InChI=1S/C10H12OS/c1-7-4-9(7)10(11)5-8-2-3-12-6-8/h2-3,6-7,9H,4-5H2,1H3. The van der Waals surface area contributed by atoms with Crippen LogP contribution < -0.4 is 0 Å². The van der Waals surface area contributed by atoms with Crippen LogP contribution in [0.5, 0.6) is 0 Å². The van der Waals surface area contributed by atoms with Crippen molar-refractivity contribution in [1.82, 2.24) is 0 Å². The average molecular weight is 180 g/mol. The van der Waals surface area contributed by atoms with E-state index in [0.717, 1.165) is 6.42 Å². The highest BCUT2D eigenvalue weighted by molar-refractivity contribution is 7.07. The first-order chi connectivity index (χ1) is 5.77. The van der Waals surface area contributed by atoms with E-state index in [-0.39, 0.29) is 0 Å². The Morgan fingerprint density at radius 3 is 3.00 bits per heavy atom. The molecule has 0 saturated heterocycles. The van der Waals surface area contributed by atoms with E-state index in [9.17, 15) is 4.79 Å². The highest BCUT2D eigenvalue weighted by atomic mass is 32.1. The van der Waals surface area contributed by atoms with Crippen molar-refractivity contribution < 1.29 is 4.79 Å². The van der Waals surface area contributed by atoms with Gasteiger partial charge in [0, 0.05) is 12.3 Å². The van der Waals surface area contributed by atoms with E-state index in [1.807, 2.05) is 11.4 Å². The molecule has 0 radical (unpaired) electrons. The van der Waals surface area contributed by atoms with Crippen LogP contribution in [0, 0.1) is 11.8 Å². The minimum Gasteiger partial charge on any atom is -0.299 e. The van der Waals surface area contributed by atoms with E-state index < -0.39 is 0 Å². The highest BCUT2D eigenvalue weighted by Crippen LogP contribution is 2.39. The predicted molar refractivity (Wildman–Crippen MR) is 50.3 cm³/mol. The van der Waals surface area contributed by atoms with Gasteiger partial charge >= 0.3 is 0 Å². The number of hydrogen-bond donors (Lipinski definition) is 0. The van der Waals surface area contributed by atoms with E-state index in [1.54, 1.807) is 11.3 Å². The third-order valence-corrected chi connectivity index (χ3v) is 3.21. The molecule has 0 bridgehead atoms. The number of hydrogen-bond acceptors (Lipinski definition) is 2. The number of Topliss-reactive ketones (excluding diaryl/α,β-unsaturated/α-hetero) is 1. The lowest BCUT2D eigenvalue weighted by molar-refractivity contribution is -0.119. The van der Waals surface area contributed by atoms with Crippen molar-refractivity contribution in [2.24, 2.45) is 11.8 Å². The van der Waals surface area contributed by atoms with Crippen molar-refractivity contribution in [3.05, 3.63) is 22.4 Å². The van der Waals surface area contributed by atoms with Crippen molar-refractivity contribution in [3.63, 3.8) is 0 Å². The second-order valence-electron chi connectivity index (χ2n) is 3.59. The Hall–Kier alpha value is -0.630. The molecule has 0 aliphatic heterocycles. The summed E-state index contributed by atoms with van der Waals surface area (Å²) >= 11 is 1.66. The first-order valence-electron chi connectivity index (χ1n) is 4.31. The van der Waals surface area contributed by atoms with Gasteiger partial charge in [0.15, 0.2) is 0 Å². The minimum atomic E-state index is 0.380. The summed E-state index contributed by atoms with van der Waals surface area (Å²) < 4.78 is 0. The first-order valence-corrected chi connectivity index (χ1v) is 5.25. The number of ketones is 1. The van der Waals surface area contributed by atoms with Gasteiger partial charge in [-0.1, -0.05) is 6.92 Å². The number of thiophene rings is 1. The Balaban J connectivity index is 1.92. The van der Waals surface area contributed by atoms with Crippen LogP contribution in [-0.2, 0) is 11.2 Å². The zero-order valence-electron chi connectivity index (χ0n) is 7.12. The SMILES string of the molecule is CC1CC1C(=O)Cc1ccsc1. The summed E-state index contributed by atoms with van der Waals surface area (Å²) in [4.78, 5) is 11.5. The Bertz CT molecular complexity index is 276. The van der Waals surface area contributed by atoms with E-state index >= 15 is 0 Å². The Labute approximate surface area is 76.4 Å². The second-order valence-corrected chi connectivity index (χ2v) is 4.37. The lowest BCUT2D eigenvalue weighted by Gasteiger charge is -1.94. The van der Waals surface area contributed by atoms with Crippen LogP contribution in [0.3, 0.4) is 0 Å². The normalized spacial score (nSPS) is 27.1. The minimum absolute atomic E-state index is 0.380. The number of carbonyl (C=O) groups excluding carboxylic acids is 1. The molecule has 2 rings (SSSR count). The third kappa shape index (κ3) is 1.58. The molecule has 1 heterocycles. The van der Waals surface area contributed by atoms with Gasteiger partial charge in [-0.2, -0.15) is 11.3 Å². The maximum Gasteiger partial charge on any atom is 0.140 e. The maximum atomic E-state index is 11.5. The Kier molecular flexibility index (Phi) is 2.01. The molecule has 1 fully saturated rings. The van der Waals surface area contributed by atoms with E-state index in [0.29, 0.717) is 24.0 Å². The van der Waals surface area contributed by atoms with Crippen LogP contribution in [0.25, 0.3) is 0 Å². The van der Waals surface area contributed by atoms with Crippen molar-refractivity contribution in [2.75, 3.05) is 0 Å². The fraction of sp³-hybridized carbons (Fsp3) is 0.500. The van der Waals surface area contributed by atoms with Crippen LogP contribution in [0.15, 0.2) is 16.8 Å². The van der Waals surface area contributed by atoms with Gasteiger partial charge in [0.25, 0.3) is 0 Å². The fourth-order valence-electron chi connectivity index (χ4n) is 1.50. The van der Waals surface area contributed by atoms with Gasteiger partial charge < -0.3 is 0 Å². The van der Waals surface area contributed by atoms with Crippen LogP contribution in [-0.4, -0.2) is 5.78 Å². The van der Waals surface area contributed by atoms with Gasteiger partial charge in [0.05, 0.1) is 0 Å². The molecule has 0 N–H and O–H groups in total. The van der Waals surface area contributed by atoms with Crippen LogP contribution in [0.2, 0.25) is 0 Å². The average Bonchev–Trinajstić information content (AvgIpc) is 2.58. The summed E-state index contributed by atoms with van der Waals surface area (Å²) in [6.45, 7) is 2.15. The number of carbonyl (C=O) groups is 1. The second kappa shape index (κ2) is 3.02. The third-order valence-electron chi connectivity index (χ3n) is 2.48. The van der Waals surface area contributed by atoms with Gasteiger partial charge in [0.1, 0.15) is 5.78 Å². The van der Waals surface area contributed by atoms with Crippen molar-refractivity contribution in [2.45, 2.75) is 19.8 Å². The van der Waals surface area contributed by atoms with Crippen molar-refractivity contribution >= 4 is 17.1 Å². The van der Waals surface area contributed by atoms with Crippen LogP contribution in [0.4, 0.5) is 0 Å². The van der Waals surface area contributed by atoms with Gasteiger partial charge in [-0.15, -0.1) is 0 Å². The fourth-order valence-corrected chi connectivity index (χ4v) is 2.16. The molecule has 1 saturated carbocycles. The maximum absolute atomic E-state index is 11.5. The molecule has 12 heavy (non-hydrogen) atoms. The number of rotatable bonds is 3. The molecule has 0 aromatic carbocycles. The van der Waals surface area contributed by atoms with Crippen LogP contribution in [0.1, 0.15) is 18.9 Å². The largest absolute Gasteiger partial charge is 0.299 e. The summed E-state index contributed by atoms with van der Waals surface area (Å²) in [6, 6.07) is 2.04. The molecule has 1 aromatic rings. The van der Waals surface area contributed by atoms with Crippen molar-refractivity contribution in [3.8, 4) is 0 Å². The van der Waals surface area contributed by atoms with Gasteiger partial charge in [0.2, 0.25) is 0 Å². The molecule has 1 aromatic heterocycles. The molecule has 1 aliphatic rings. The van der Waals surface area contributed by atoms with Gasteiger partial charge in [-0.3, -0.25) is 4.79 Å². The smallest absolute Gasteiger partial charge is 0.140 e. The highest BCUT2D eigenvalue weighted by Gasteiger charge is 2.38. The molecule has 64 valence electrons.